The Morgan fingerprint density at radius 3 is 2.47 bits per heavy atom. The summed E-state index contributed by atoms with van der Waals surface area (Å²) in [6, 6.07) is 19.0. The Balaban J connectivity index is 1.75. The fourth-order valence-electron chi connectivity index (χ4n) is 3.26. The highest BCUT2D eigenvalue weighted by molar-refractivity contribution is 7.84. The maximum absolute atomic E-state index is 12.8. The molecule has 0 fully saturated rings. The lowest BCUT2D eigenvalue weighted by Gasteiger charge is -2.18. The first-order valence-corrected chi connectivity index (χ1v) is 11.7. The molecule has 34 heavy (non-hydrogen) atoms. The van der Waals surface area contributed by atoms with E-state index in [1.165, 1.54) is 18.2 Å². The molecule has 0 aliphatic carbocycles. The van der Waals surface area contributed by atoms with Crippen LogP contribution >= 0.6 is 0 Å². The van der Waals surface area contributed by atoms with E-state index in [0.717, 1.165) is 10.8 Å². The van der Waals surface area contributed by atoms with Crippen LogP contribution in [0.4, 0.5) is 8.78 Å². The lowest BCUT2D eigenvalue weighted by molar-refractivity contribution is -0.122. The standard InChI is InChI=1S/C24H21F2N3O4S/c25-24(26)33-21-8-4-3-7-19(21)14-34(32)15-20(23(31)28-12-11-27)29-22(30)18-10-9-16-5-1-2-6-17(16)13-18/h1-10,13,20,24H,12,14-15H2,(H,28,31)(H,29,30). The van der Waals surface area contributed by atoms with Crippen LogP contribution in [0.3, 0.4) is 0 Å². The number of alkyl halides is 2. The molecule has 0 bridgehead atoms. The summed E-state index contributed by atoms with van der Waals surface area (Å²) in [4.78, 5) is 25.4. The van der Waals surface area contributed by atoms with Crippen molar-refractivity contribution in [3.05, 3.63) is 77.9 Å². The van der Waals surface area contributed by atoms with Crippen LogP contribution in [-0.4, -0.2) is 41.0 Å². The number of ether oxygens (including phenoxy) is 1. The molecular formula is C24H21F2N3O4S. The van der Waals surface area contributed by atoms with E-state index in [1.807, 2.05) is 24.3 Å². The Hall–Kier alpha value is -3.84. The minimum Gasteiger partial charge on any atom is -0.435 e. The van der Waals surface area contributed by atoms with Crippen molar-refractivity contribution in [3.8, 4) is 11.8 Å². The first kappa shape index (κ1) is 24.8. The molecule has 0 radical (unpaired) electrons. The molecule has 2 unspecified atom stereocenters. The number of nitriles is 1. The van der Waals surface area contributed by atoms with Crippen LogP contribution in [0.2, 0.25) is 0 Å². The number of fused-ring (bicyclic) bond motifs is 1. The van der Waals surface area contributed by atoms with Crippen LogP contribution < -0.4 is 15.4 Å². The quantitative estimate of drug-likeness (QED) is 0.429. The van der Waals surface area contributed by atoms with E-state index in [0.29, 0.717) is 5.56 Å². The number of hydrogen-bond donors (Lipinski definition) is 2. The first-order valence-electron chi connectivity index (χ1n) is 10.2. The van der Waals surface area contributed by atoms with Gasteiger partial charge in [0.2, 0.25) is 5.91 Å². The average molecular weight is 486 g/mol. The number of carbonyl (C=O) groups is 2. The lowest BCUT2D eigenvalue weighted by atomic mass is 10.1. The van der Waals surface area contributed by atoms with Crippen molar-refractivity contribution in [1.82, 2.24) is 10.6 Å². The van der Waals surface area contributed by atoms with E-state index < -0.39 is 35.3 Å². The van der Waals surface area contributed by atoms with E-state index in [1.54, 1.807) is 30.3 Å². The molecule has 2 amide bonds. The van der Waals surface area contributed by atoms with E-state index >= 15 is 0 Å². The van der Waals surface area contributed by atoms with Crippen LogP contribution in [0.5, 0.6) is 5.75 Å². The van der Waals surface area contributed by atoms with E-state index in [4.69, 9.17) is 5.26 Å². The molecule has 0 aliphatic heterocycles. The number of rotatable bonds is 10. The highest BCUT2D eigenvalue weighted by Gasteiger charge is 2.24. The molecule has 0 saturated carbocycles. The molecule has 3 aromatic carbocycles. The maximum Gasteiger partial charge on any atom is 0.387 e. The molecule has 0 heterocycles. The van der Waals surface area contributed by atoms with Crippen molar-refractivity contribution in [2.75, 3.05) is 12.3 Å². The number of carbonyl (C=O) groups excluding carboxylic acids is 2. The number of amides is 2. The molecule has 3 aromatic rings. The summed E-state index contributed by atoms with van der Waals surface area (Å²) >= 11 is 0. The summed E-state index contributed by atoms with van der Waals surface area (Å²) in [6.45, 7) is -3.33. The normalized spacial score (nSPS) is 12.5. The predicted octanol–water partition coefficient (Wildman–Crippen LogP) is 3.13. The second-order valence-corrected chi connectivity index (χ2v) is 8.70. The summed E-state index contributed by atoms with van der Waals surface area (Å²) < 4.78 is 42.6. The fourth-order valence-corrected chi connectivity index (χ4v) is 4.57. The van der Waals surface area contributed by atoms with Gasteiger partial charge in [0, 0.05) is 21.9 Å². The van der Waals surface area contributed by atoms with E-state index in [2.05, 4.69) is 15.4 Å². The van der Waals surface area contributed by atoms with Gasteiger partial charge in [0.1, 0.15) is 18.3 Å². The van der Waals surface area contributed by atoms with Crippen molar-refractivity contribution in [3.63, 3.8) is 0 Å². The number of halogens is 2. The van der Waals surface area contributed by atoms with Crippen LogP contribution in [0.15, 0.2) is 66.7 Å². The second-order valence-electron chi connectivity index (χ2n) is 7.20. The topological polar surface area (TPSA) is 108 Å². The van der Waals surface area contributed by atoms with Gasteiger partial charge in [0.15, 0.2) is 0 Å². The smallest absolute Gasteiger partial charge is 0.387 e. The molecule has 2 N–H and O–H groups in total. The third kappa shape index (κ3) is 6.83. The molecule has 0 saturated heterocycles. The van der Waals surface area contributed by atoms with E-state index in [-0.39, 0.29) is 29.4 Å². The third-order valence-corrected chi connectivity index (χ3v) is 6.17. The van der Waals surface area contributed by atoms with E-state index in [9.17, 15) is 22.6 Å². The molecule has 2 atom stereocenters. The Kier molecular flexibility index (Phi) is 8.65. The number of nitrogens with zero attached hydrogens (tertiary/aromatic N) is 1. The number of hydrogen-bond acceptors (Lipinski definition) is 5. The molecule has 0 aliphatic rings. The number of nitrogens with one attached hydrogen (secondary N) is 2. The van der Waals surface area contributed by atoms with Crippen molar-refractivity contribution >= 4 is 33.4 Å². The Labute approximate surface area is 197 Å². The Morgan fingerprint density at radius 2 is 1.74 bits per heavy atom. The van der Waals surface area contributed by atoms with Gasteiger partial charge in [-0.25, -0.2) is 0 Å². The zero-order chi connectivity index (χ0) is 24.5. The van der Waals surface area contributed by atoms with Crippen molar-refractivity contribution in [2.24, 2.45) is 0 Å². The molecule has 3 rings (SSSR count). The molecule has 10 heteroatoms. The largest absolute Gasteiger partial charge is 0.435 e. The van der Waals surface area contributed by atoms with Gasteiger partial charge >= 0.3 is 6.61 Å². The second kappa shape index (κ2) is 11.9. The number of para-hydroxylation sites is 1. The average Bonchev–Trinajstić information content (AvgIpc) is 2.82. The summed E-state index contributed by atoms with van der Waals surface area (Å²) in [5, 5.41) is 15.4. The zero-order valence-corrected chi connectivity index (χ0v) is 18.7. The fraction of sp³-hybridized carbons (Fsp3) is 0.208. The highest BCUT2D eigenvalue weighted by Crippen LogP contribution is 2.22. The van der Waals surface area contributed by atoms with Crippen LogP contribution in [0, 0.1) is 11.3 Å². The van der Waals surface area contributed by atoms with Crippen molar-refractivity contribution < 1.29 is 27.3 Å². The van der Waals surface area contributed by atoms with Gasteiger partial charge in [0.25, 0.3) is 5.91 Å². The Morgan fingerprint density at radius 1 is 1.03 bits per heavy atom. The Bertz CT molecular complexity index is 1250. The van der Waals surface area contributed by atoms with Gasteiger partial charge in [0.05, 0.1) is 17.6 Å². The maximum atomic E-state index is 12.8. The number of benzene rings is 3. The minimum absolute atomic E-state index is 0.114. The molecular weight excluding hydrogens is 464 g/mol. The summed E-state index contributed by atoms with van der Waals surface area (Å²) in [5.41, 5.74) is 0.580. The monoisotopic (exact) mass is 485 g/mol. The van der Waals surface area contributed by atoms with Crippen LogP contribution in [0.1, 0.15) is 15.9 Å². The zero-order valence-electron chi connectivity index (χ0n) is 17.9. The first-order chi connectivity index (χ1) is 16.4. The summed E-state index contributed by atoms with van der Waals surface area (Å²) in [7, 11) is -1.73. The summed E-state index contributed by atoms with van der Waals surface area (Å²) in [5.74, 6) is -1.81. The molecule has 0 aromatic heterocycles. The lowest BCUT2D eigenvalue weighted by Crippen LogP contribution is -2.49. The van der Waals surface area contributed by atoms with Crippen LogP contribution in [-0.2, 0) is 21.3 Å². The van der Waals surface area contributed by atoms with Crippen molar-refractivity contribution in [1.29, 1.82) is 5.26 Å². The highest BCUT2D eigenvalue weighted by atomic mass is 32.2. The van der Waals surface area contributed by atoms with Gasteiger partial charge in [-0.1, -0.05) is 48.5 Å². The van der Waals surface area contributed by atoms with Gasteiger partial charge in [-0.3, -0.25) is 13.8 Å². The summed E-state index contributed by atoms with van der Waals surface area (Å²) in [6.07, 6.45) is 0. The van der Waals surface area contributed by atoms with Gasteiger partial charge in [-0.05, 0) is 29.0 Å². The van der Waals surface area contributed by atoms with Gasteiger partial charge < -0.3 is 15.4 Å². The molecule has 7 nitrogen and oxygen atoms in total. The van der Waals surface area contributed by atoms with Gasteiger partial charge in [-0.15, -0.1) is 0 Å². The third-order valence-electron chi connectivity index (χ3n) is 4.83. The molecule has 176 valence electrons. The van der Waals surface area contributed by atoms with Crippen LogP contribution in [0.25, 0.3) is 10.8 Å². The SMILES string of the molecule is N#CCNC(=O)C(CS(=O)Cc1ccccc1OC(F)F)NC(=O)c1ccc2ccccc2c1. The molecule has 0 spiro atoms. The predicted molar refractivity (Wildman–Crippen MR) is 124 cm³/mol. The van der Waals surface area contributed by atoms with Crippen molar-refractivity contribution in [2.45, 2.75) is 18.4 Å². The minimum atomic E-state index is -3.04. The van der Waals surface area contributed by atoms with Gasteiger partial charge in [-0.2, -0.15) is 14.0 Å².